The van der Waals surface area contributed by atoms with Crippen LogP contribution in [-0.4, -0.2) is 18.0 Å². The number of ether oxygens (including phenoxy) is 1. The number of amides is 1. The van der Waals surface area contributed by atoms with Crippen LogP contribution in [0, 0.1) is 0 Å². The molecule has 0 radical (unpaired) electrons. The van der Waals surface area contributed by atoms with Crippen molar-refractivity contribution in [1.82, 2.24) is 4.98 Å². The molecule has 1 amide bonds. The molecule has 0 aliphatic rings. The quantitative estimate of drug-likeness (QED) is 0.460. The van der Waals surface area contributed by atoms with Crippen LogP contribution < -0.4 is 10.1 Å². The van der Waals surface area contributed by atoms with Gasteiger partial charge in [0.2, 0.25) is 0 Å². The van der Waals surface area contributed by atoms with E-state index in [0.717, 1.165) is 9.86 Å². The Hall–Kier alpha value is -2.64. The van der Waals surface area contributed by atoms with Crippen molar-refractivity contribution in [1.29, 1.82) is 0 Å². The first-order chi connectivity index (χ1) is 12.6. The summed E-state index contributed by atoms with van der Waals surface area (Å²) in [5, 5.41) is 6.11. The van der Waals surface area contributed by atoms with E-state index in [1.807, 2.05) is 41.8 Å². The van der Waals surface area contributed by atoms with Crippen LogP contribution in [0.5, 0.6) is 5.75 Å². The molecular weight excluding hydrogens is 416 g/mol. The Bertz CT molecular complexity index is 1090. The Balaban J connectivity index is 1.58. The number of carbonyl (C=O) groups is 1. The van der Waals surface area contributed by atoms with Gasteiger partial charge < -0.3 is 9.15 Å². The molecule has 2 aromatic heterocycles. The van der Waals surface area contributed by atoms with E-state index in [4.69, 9.17) is 9.15 Å². The van der Waals surface area contributed by atoms with E-state index in [9.17, 15) is 4.79 Å². The topological polar surface area (TPSA) is 64.4 Å². The minimum atomic E-state index is -0.204. The molecule has 26 heavy (non-hydrogen) atoms. The monoisotopic (exact) mass is 428 g/mol. The van der Waals surface area contributed by atoms with Crippen LogP contribution in [0.4, 0.5) is 5.13 Å². The largest absolute Gasteiger partial charge is 0.493 e. The third-order valence-electron chi connectivity index (χ3n) is 3.81. The number of furan rings is 1. The fourth-order valence-electron chi connectivity index (χ4n) is 2.54. The zero-order valence-electron chi connectivity index (χ0n) is 13.7. The highest BCUT2D eigenvalue weighted by molar-refractivity contribution is 9.10. The molecule has 0 spiro atoms. The summed E-state index contributed by atoms with van der Waals surface area (Å²) in [6.07, 6.45) is 0. The number of para-hydroxylation sites is 1. The lowest BCUT2D eigenvalue weighted by atomic mass is 10.2. The molecule has 0 aliphatic heterocycles. The van der Waals surface area contributed by atoms with Gasteiger partial charge in [-0.25, -0.2) is 4.98 Å². The molecule has 130 valence electrons. The number of fused-ring (bicyclic) bond motifs is 1. The number of halogens is 1. The SMILES string of the molecule is COc1cccc2cc(-c3csc(NC(=O)c4ccc(Br)cc4)n3)oc12. The summed E-state index contributed by atoms with van der Waals surface area (Å²) < 4.78 is 12.1. The summed E-state index contributed by atoms with van der Waals surface area (Å²) in [4.78, 5) is 16.8. The van der Waals surface area contributed by atoms with Crippen LogP contribution in [-0.2, 0) is 0 Å². The summed E-state index contributed by atoms with van der Waals surface area (Å²) in [6.45, 7) is 0. The lowest BCUT2D eigenvalue weighted by molar-refractivity contribution is 0.102. The van der Waals surface area contributed by atoms with Gasteiger partial charge in [-0.05, 0) is 36.4 Å². The predicted octanol–water partition coefficient (Wildman–Crippen LogP) is 5.58. The standard InChI is InChI=1S/C19H13BrN2O3S/c1-24-15-4-2-3-12-9-16(25-17(12)15)14-10-26-19(21-14)22-18(23)11-5-7-13(20)8-6-11/h2-10H,1H3,(H,21,22,23). The molecule has 0 aliphatic carbocycles. The number of nitrogens with zero attached hydrogens (tertiary/aromatic N) is 1. The van der Waals surface area contributed by atoms with Crippen LogP contribution in [0.25, 0.3) is 22.4 Å². The molecule has 4 rings (SSSR count). The number of nitrogens with one attached hydrogen (secondary N) is 1. The van der Waals surface area contributed by atoms with Gasteiger partial charge in [0.1, 0.15) is 5.69 Å². The molecule has 5 nitrogen and oxygen atoms in total. The van der Waals surface area contributed by atoms with Crippen LogP contribution in [0.3, 0.4) is 0 Å². The molecule has 0 saturated carbocycles. The average Bonchev–Trinajstić information content (AvgIpc) is 3.28. The maximum Gasteiger partial charge on any atom is 0.257 e. The molecular formula is C19H13BrN2O3S. The second-order valence-corrected chi connectivity index (χ2v) is 7.26. The van der Waals surface area contributed by atoms with Crippen LogP contribution in [0.2, 0.25) is 0 Å². The number of benzene rings is 2. The molecule has 7 heteroatoms. The minimum Gasteiger partial charge on any atom is -0.493 e. The van der Waals surface area contributed by atoms with Gasteiger partial charge in [0.25, 0.3) is 5.91 Å². The predicted molar refractivity (Wildman–Crippen MR) is 106 cm³/mol. The van der Waals surface area contributed by atoms with Crippen molar-refractivity contribution in [3.63, 3.8) is 0 Å². The maximum atomic E-state index is 12.3. The van der Waals surface area contributed by atoms with Crippen molar-refractivity contribution in [2.45, 2.75) is 0 Å². The number of methoxy groups -OCH3 is 1. The fraction of sp³-hybridized carbons (Fsp3) is 0.0526. The second-order valence-electron chi connectivity index (χ2n) is 5.49. The van der Waals surface area contributed by atoms with Crippen molar-refractivity contribution >= 4 is 49.3 Å². The average molecular weight is 429 g/mol. The third-order valence-corrected chi connectivity index (χ3v) is 5.10. The van der Waals surface area contributed by atoms with E-state index >= 15 is 0 Å². The molecule has 0 fully saturated rings. The molecule has 4 aromatic rings. The molecule has 0 atom stereocenters. The molecule has 0 saturated heterocycles. The van der Waals surface area contributed by atoms with Gasteiger partial charge in [0.05, 0.1) is 7.11 Å². The van der Waals surface area contributed by atoms with E-state index in [1.54, 1.807) is 19.2 Å². The zero-order valence-corrected chi connectivity index (χ0v) is 16.1. The molecule has 0 bridgehead atoms. The number of hydrogen-bond acceptors (Lipinski definition) is 5. The second kappa shape index (κ2) is 6.93. The Labute approximate surface area is 161 Å². The summed E-state index contributed by atoms with van der Waals surface area (Å²) in [6, 6.07) is 14.8. The molecule has 1 N–H and O–H groups in total. The van der Waals surface area contributed by atoms with Gasteiger partial charge in [0, 0.05) is 20.8 Å². The summed E-state index contributed by atoms with van der Waals surface area (Å²) in [5.41, 5.74) is 1.91. The number of thiazole rings is 1. The van der Waals surface area contributed by atoms with Gasteiger partial charge in [0.15, 0.2) is 22.2 Å². The summed E-state index contributed by atoms with van der Waals surface area (Å²) in [7, 11) is 1.61. The van der Waals surface area contributed by atoms with Crippen LogP contribution in [0.15, 0.2) is 62.8 Å². The van der Waals surface area contributed by atoms with Crippen molar-refractivity contribution in [2.24, 2.45) is 0 Å². The van der Waals surface area contributed by atoms with E-state index in [0.29, 0.717) is 33.5 Å². The van der Waals surface area contributed by atoms with Crippen molar-refractivity contribution < 1.29 is 13.9 Å². The van der Waals surface area contributed by atoms with E-state index < -0.39 is 0 Å². The zero-order chi connectivity index (χ0) is 18.1. The number of aromatic nitrogens is 1. The van der Waals surface area contributed by atoms with Gasteiger partial charge in [-0.3, -0.25) is 10.1 Å². The van der Waals surface area contributed by atoms with Gasteiger partial charge >= 0.3 is 0 Å². The number of carbonyl (C=O) groups excluding carboxylic acids is 1. The highest BCUT2D eigenvalue weighted by atomic mass is 79.9. The first-order valence-electron chi connectivity index (χ1n) is 7.73. The van der Waals surface area contributed by atoms with E-state index in [1.165, 1.54) is 11.3 Å². The molecule has 2 heterocycles. The van der Waals surface area contributed by atoms with Gasteiger partial charge in [-0.15, -0.1) is 11.3 Å². The van der Waals surface area contributed by atoms with E-state index in [-0.39, 0.29) is 5.91 Å². The third kappa shape index (κ3) is 3.23. The molecule has 2 aromatic carbocycles. The Morgan fingerprint density at radius 2 is 2.04 bits per heavy atom. The first kappa shape index (κ1) is 16.8. The summed E-state index contributed by atoms with van der Waals surface area (Å²) in [5.74, 6) is 1.10. The first-order valence-corrected chi connectivity index (χ1v) is 9.40. The Morgan fingerprint density at radius 3 is 2.81 bits per heavy atom. The number of hydrogen-bond donors (Lipinski definition) is 1. The summed E-state index contributed by atoms with van der Waals surface area (Å²) >= 11 is 4.70. The van der Waals surface area contributed by atoms with Crippen molar-refractivity contribution in [3.05, 3.63) is 63.9 Å². The van der Waals surface area contributed by atoms with Crippen LogP contribution >= 0.6 is 27.3 Å². The number of anilines is 1. The number of rotatable bonds is 4. The fourth-order valence-corrected chi connectivity index (χ4v) is 3.50. The Morgan fingerprint density at radius 1 is 1.23 bits per heavy atom. The van der Waals surface area contributed by atoms with E-state index in [2.05, 4.69) is 26.2 Å². The smallest absolute Gasteiger partial charge is 0.257 e. The normalized spacial score (nSPS) is 10.8. The van der Waals surface area contributed by atoms with Gasteiger partial charge in [-0.1, -0.05) is 28.1 Å². The Kier molecular flexibility index (Phi) is 4.48. The highest BCUT2D eigenvalue weighted by Crippen LogP contribution is 2.34. The molecule has 0 unspecified atom stereocenters. The highest BCUT2D eigenvalue weighted by Gasteiger charge is 2.14. The lowest BCUT2D eigenvalue weighted by Crippen LogP contribution is -2.11. The van der Waals surface area contributed by atoms with Gasteiger partial charge in [-0.2, -0.15) is 0 Å². The van der Waals surface area contributed by atoms with Crippen molar-refractivity contribution in [2.75, 3.05) is 12.4 Å². The maximum absolute atomic E-state index is 12.3. The van der Waals surface area contributed by atoms with Crippen molar-refractivity contribution in [3.8, 4) is 17.2 Å². The lowest BCUT2D eigenvalue weighted by Gasteiger charge is -2.01. The van der Waals surface area contributed by atoms with Crippen LogP contribution in [0.1, 0.15) is 10.4 Å². The minimum absolute atomic E-state index is 0.204.